The topological polar surface area (TPSA) is 50.4 Å². The van der Waals surface area contributed by atoms with Crippen molar-refractivity contribution in [1.29, 1.82) is 0 Å². The summed E-state index contributed by atoms with van der Waals surface area (Å²) in [4.78, 5) is 11.4. The first-order valence-corrected chi connectivity index (χ1v) is 6.96. The summed E-state index contributed by atoms with van der Waals surface area (Å²) in [6, 6.07) is 0. The molecule has 0 saturated heterocycles. The summed E-state index contributed by atoms with van der Waals surface area (Å²) in [5.74, 6) is 0.0487. The molecule has 0 spiro atoms. The Balaban J connectivity index is 2.03. The van der Waals surface area contributed by atoms with Crippen LogP contribution in [0.25, 0.3) is 0 Å². The highest BCUT2D eigenvalue weighted by molar-refractivity contribution is 8.00. The predicted octanol–water partition coefficient (Wildman–Crippen LogP) is 0.624. The Kier molecular flexibility index (Phi) is 6.16. The minimum atomic E-state index is 0.0487. The van der Waals surface area contributed by atoms with Crippen molar-refractivity contribution in [3.05, 3.63) is 0 Å². The summed E-state index contributed by atoms with van der Waals surface area (Å²) in [5, 5.41) is 6.02. The molecular weight excluding hydrogens is 224 g/mol. The number of nitrogens with one attached hydrogen (secondary N) is 2. The summed E-state index contributed by atoms with van der Waals surface area (Å²) in [5.41, 5.74) is 0. The summed E-state index contributed by atoms with van der Waals surface area (Å²) in [7, 11) is 1.63. The average Bonchev–Trinajstić information content (AvgIpc) is 2.22. The molecule has 4 nitrogen and oxygen atoms in total. The van der Waals surface area contributed by atoms with Gasteiger partial charge in [-0.05, 0) is 19.1 Å². The molecule has 2 N–H and O–H groups in total. The second-order valence-electron chi connectivity index (χ2n) is 4.19. The Bertz CT molecular complexity index is 215. The Hall–Kier alpha value is -0.260. The lowest BCUT2D eigenvalue weighted by molar-refractivity contribution is -0.120. The molecule has 1 aliphatic rings. The fraction of sp³-hybridized carbons (Fsp3) is 0.909. The number of hydrogen-bond acceptors (Lipinski definition) is 4. The lowest BCUT2D eigenvalue weighted by atomic mass is 9.84. The molecule has 1 fully saturated rings. The maximum Gasteiger partial charge on any atom is 0.234 e. The molecule has 0 radical (unpaired) electrons. The van der Waals surface area contributed by atoms with Gasteiger partial charge in [0.1, 0.15) is 0 Å². The van der Waals surface area contributed by atoms with Crippen LogP contribution in [-0.2, 0) is 9.53 Å². The lowest BCUT2D eigenvalue weighted by Crippen LogP contribution is -2.46. The zero-order chi connectivity index (χ0) is 11.9. The van der Waals surface area contributed by atoms with Crippen LogP contribution in [0, 0.1) is 0 Å². The Labute approximate surface area is 102 Å². The maximum atomic E-state index is 11.4. The largest absolute Gasteiger partial charge is 0.383 e. The van der Waals surface area contributed by atoms with E-state index in [1.165, 1.54) is 19.3 Å². The van der Waals surface area contributed by atoms with E-state index in [1.807, 2.05) is 11.8 Å². The molecule has 0 atom stereocenters. The van der Waals surface area contributed by atoms with Crippen LogP contribution in [0.4, 0.5) is 0 Å². The quantitative estimate of drug-likeness (QED) is 0.617. The van der Waals surface area contributed by atoms with Crippen molar-refractivity contribution in [2.75, 3.05) is 39.6 Å². The van der Waals surface area contributed by atoms with Gasteiger partial charge in [0.05, 0.1) is 13.2 Å². The minimum Gasteiger partial charge on any atom is -0.383 e. The smallest absolute Gasteiger partial charge is 0.234 e. The summed E-state index contributed by atoms with van der Waals surface area (Å²) in [6.45, 7) is 2.50. The lowest BCUT2D eigenvalue weighted by Gasteiger charge is -2.40. The van der Waals surface area contributed by atoms with Crippen LogP contribution < -0.4 is 10.6 Å². The fourth-order valence-corrected chi connectivity index (χ4v) is 2.73. The van der Waals surface area contributed by atoms with E-state index in [0.717, 1.165) is 6.54 Å². The highest BCUT2D eigenvalue weighted by Crippen LogP contribution is 2.41. The number of thioether (sulfide) groups is 1. The van der Waals surface area contributed by atoms with Crippen molar-refractivity contribution in [2.45, 2.75) is 24.0 Å². The average molecular weight is 246 g/mol. The van der Waals surface area contributed by atoms with Gasteiger partial charge in [0.25, 0.3) is 0 Å². The molecule has 1 amide bonds. The zero-order valence-electron chi connectivity index (χ0n) is 10.2. The third-order valence-electron chi connectivity index (χ3n) is 3.06. The van der Waals surface area contributed by atoms with Crippen molar-refractivity contribution >= 4 is 17.7 Å². The van der Waals surface area contributed by atoms with Crippen LogP contribution >= 0.6 is 11.8 Å². The van der Waals surface area contributed by atoms with E-state index >= 15 is 0 Å². The third kappa shape index (κ3) is 4.31. The summed E-state index contributed by atoms with van der Waals surface area (Å²) >= 11 is 1.92. The summed E-state index contributed by atoms with van der Waals surface area (Å²) in [6.07, 6.45) is 6.01. The van der Waals surface area contributed by atoms with Crippen LogP contribution in [0.2, 0.25) is 0 Å². The second-order valence-corrected chi connectivity index (χ2v) is 5.46. The number of amides is 1. The van der Waals surface area contributed by atoms with Gasteiger partial charge >= 0.3 is 0 Å². The van der Waals surface area contributed by atoms with Gasteiger partial charge in [-0.3, -0.25) is 4.79 Å². The van der Waals surface area contributed by atoms with Crippen LogP contribution in [0.3, 0.4) is 0 Å². The Morgan fingerprint density at radius 3 is 2.75 bits per heavy atom. The number of carbonyl (C=O) groups excluding carboxylic acids is 1. The zero-order valence-corrected chi connectivity index (χ0v) is 11.0. The van der Waals surface area contributed by atoms with Crippen molar-refractivity contribution in [3.63, 3.8) is 0 Å². The highest BCUT2D eigenvalue weighted by Gasteiger charge is 2.35. The van der Waals surface area contributed by atoms with E-state index in [-0.39, 0.29) is 5.91 Å². The Morgan fingerprint density at radius 1 is 1.50 bits per heavy atom. The van der Waals surface area contributed by atoms with Gasteiger partial charge in [0.15, 0.2) is 0 Å². The maximum absolute atomic E-state index is 11.4. The highest BCUT2D eigenvalue weighted by atomic mass is 32.2. The normalized spacial score (nSPS) is 17.9. The molecule has 0 bridgehead atoms. The molecule has 94 valence electrons. The number of hydrogen-bond donors (Lipinski definition) is 2. The molecule has 1 rings (SSSR count). The number of carbonyl (C=O) groups is 1. The van der Waals surface area contributed by atoms with Crippen LogP contribution in [-0.4, -0.2) is 50.3 Å². The van der Waals surface area contributed by atoms with E-state index in [2.05, 4.69) is 16.9 Å². The van der Waals surface area contributed by atoms with Gasteiger partial charge in [0, 0.05) is 24.9 Å². The van der Waals surface area contributed by atoms with Crippen LogP contribution in [0.1, 0.15) is 19.3 Å². The second kappa shape index (κ2) is 7.14. The molecule has 0 heterocycles. The molecule has 0 aliphatic heterocycles. The molecular formula is C11H22N2O2S. The number of methoxy groups -OCH3 is 1. The van der Waals surface area contributed by atoms with Crippen LogP contribution in [0.5, 0.6) is 0 Å². The predicted molar refractivity (Wildman–Crippen MR) is 67.9 cm³/mol. The SMILES string of the molecule is COCCNC(=O)CNCC1(SC)CCC1. The monoisotopic (exact) mass is 246 g/mol. The molecule has 1 saturated carbocycles. The first-order chi connectivity index (χ1) is 7.72. The standard InChI is InChI=1S/C11H22N2O2S/c1-15-7-6-13-10(14)8-12-9-11(16-2)4-3-5-11/h12H,3-9H2,1-2H3,(H,13,14). The van der Waals surface area contributed by atoms with Gasteiger partial charge in [-0.15, -0.1) is 0 Å². The molecule has 16 heavy (non-hydrogen) atoms. The van der Waals surface area contributed by atoms with Crippen molar-refractivity contribution < 1.29 is 9.53 Å². The van der Waals surface area contributed by atoms with E-state index in [4.69, 9.17) is 4.74 Å². The molecule has 0 aromatic heterocycles. The van der Waals surface area contributed by atoms with E-state index in [0.29, 0.717) is 24.4 Å². The molecule has 0 unspecified atom stereocenters. The third-order valence-corrected chi connectivity index (χ3v) is 4.48. The number of rotatable bonds is 8. The van der Waals surface area contributed by atoms with Crippen molar-refractivity contribution in [3.8, 4) is 0 Å². The molecule has 0 aromatic carbocycles. The fourth-order valence-electron chi connectivity index (χ4n) is 1.78. The van der Waals surface area contributed by atoms with Gasteiger partial charge in [-0.1, -0.05) is 6.42 Å². The van der Waals surface area contributed by atoms with Gasteiger partial charge in [-0.2, -0.15) is 11.8 Å². The molecule has 0 aromatic rings. The van der Waals surface area contributed by atoms with Gasteiger partial charge < -0.3 is 15.4 Å². The minimum absolute atomic E-state index is 0.0487. The molecule has 1 aliphatic carbocycles. The van der Waals surface area contributed by atoms with E-state index in [9.17, 15) is 4.79 Å². The summed E-state index contributed by atoms with van der Waals surface area (Å²) < 4.78 is 5.25. The number of ether oxygens (including phenoxy) is 1. The van der Waals surface area contributed by atoms with Gasteiger partial charge in [-0.25, -0.2) is 0 Å². The Morgan fingerprint density at radius 2 is 2.25 bits per heavy atom. The van der Waals surface area contributed by atoms with Gasteiger partial charge in [0.2, 0.25) is 5.91 Å². The first-order valence-electron chi connectivity index (χ1n) is 5.74. The van der Waals surface area contributed by atoms with E-state index in [1.54, 1.807) is 7.11 Å². The first kappa shape index (κ1) is 13.8. The van der Waals surface area contributed by atoms with E-state index < -0.39 is 0 Å². The van der Waals surface area contributed by atoms with Crippen molar-refractivity contribution in [1.82, 2.24) is 10.6 Å². The van der Waals surface area contributed by atoms with Crippen LogP contribution in [0.15, 0.2) is 0 Å². The molecule has 5 heteroatoms. The van der Waals surface area contributed by atoms with Crippen molar-refractivity contribution in [2.24, 2.45) is 0 Å².